The number of halogens is 2. The lowest BCUT2D eigenvalue weighted by Gasteiger charge is -2.08. The van der Waals surface area contributed by atoms with Crippen LogP contribution < -0.4 is 5.32 Å². The molecule has 1 aliphatic carbocycles. The maximum absolute atomic E-state index is 14.2. The Hall–Kier alpha value is -2.76. The van der Waals surface area contributed by atoms with Crippen LogP contribution in [0.4, 0.5) is 14.6 Å². The van der Waals surface area contributed by atoms with E-state index in [4.69, 9.17) is 0 Å². The average Bonchev–Trinajstić information content (AvgIpc) is 3.23. The van der Waals surface area contributed by atoms with Gasteiger partial charge in [-0.05, 0) is 44.0 Å². The van der Waals surface area contributed by atoms with Crippen molar-refractivity contribution in [3.05, 3.63) is 53.6 Å². The van der Waals surface area contributed by atoms with E-state index >= 15 is 0 Å². The Balaban J connectivity index is 1.74. The van der Waals surface area contributed by atoms with Crippen LogP contribution in [0, 0.1) is 25.6 Å². The summed E-state index contributed by atoms with van der Waals surface area (Å²) in [4.78, 5) is 16.3. The highest BCUT2D eigenvalue weighted by Gasteiger charge is 2.44. The first kappa shape index (κ1) is 15.7. The van der Waals surface area contributed by atoms with E-state index in [0.29, 0.717) is 17.0 Å². The van der Waals surface area contributed by atoms with Gasteiger partial charge >= 0.3 is 0 Å². The minimum Gasteiger partial charge on any atom is -0.309 e. The van der Waals surface area contributed by atoms with Gasteiger partial charge in [0, 0.05) is 17.3 Å². The number of hydrogen-bond donors (Lipinski definition) is 1. The van der Waals surface area contributed by atoms with Crippen molar-refractivity contribution in [2.45, 2.75) is 26.4 Å². The molecule has 6 heteroatoms. The van der Waals surface area contributed by atoms with Crippen molar-refractivity contribution in [1.82, 2.24) is 9.38 Å². The monoisotopic (exact) mass is 341 g/mol. The Morgan fingerprint density at radius 3 is 2.72 bits per heavy atom. The maximum Gasteiger partial charge on any atom is 0.231 e. The summed E-state index contributed by atoms with van der Waals surface area (Å²) in [5.41, 5.74) is 3.47. The van der Waals surface area contributed by atoms with Crippen LogP contribution >= 0.6 is 0 Å². The molecule has 2 heterocycles. The van der Waals surface area contributed by atoms with Crippen molar-refractivity contribution < 1.29 is 13.6 Å². The van der Waals surface area contributed by atoms with Crippen LogP contribution in [0.2, 0.25) is 0 Å². The average molecular weight is 341 g/mol. The molecule has 0 radical (unpaired) electrons. The highest BCUT2D eigenvalue weighted by molar-refractivity contribution is 5.94. The Morgan fingerprint density at radius 2 is 2.04 bits per heavy atom. The summed E-state index contributed by atoms with van der Waals surface area (Å²) < 4.78 is 29.1. The van der Waals surface area contributed by atoms with Gasteiger partial charge in [0.25, 0.3) is 0 Å². The van der Waals surface area contributed by atoms with Crippen LogP contribution in [0.15, 0.2) is 36.5 Å². The SMILES string of the molecule is Cc1cccc(F)c1-c1ccc2nc(NC(=O)C3CC3F)c(C)n2c1. The molecule has 2 unspecified atom stereocenters. The van der Waals surface area contributed by atoms with E-state index in [1.54, 1.807) is 28.8 Å². The zero-order chi connectivity index (χ0) is 17.7. The van der Waals surface area contributed by atoms with E-state index < -0.39 is 12.1 Å². The van der Waals surface area contributed by atoms with Crippen molar-refractivity contribution >= 4 is 17.4 Å². The Morgan fingerprint density at radius 1 is 1.28 bits per heavy atom. The number of pyridine rings is 1. The molecule has 1 aliphatic rings. The van der Waals surface area contributed by atoms with E-state index in [1.165, 1.54) is 6.07 Å². The number of rotatable bonds is 3. The summed E-state index contributed by atoms with van der Waals surface area (Å²) >= 11 is 0. The van der Waals surface area contributed by atoms with Crippen molar-refractivity contribution in [1.29, 1.82) is 0 Å². The third kappa shape index (κ3) is 2.67. The predicted octanol–water partition coefficient (Wildman–Crippen LogP) is 4.05. The number of carbonyl (C=O) groups is 1. The Kier molecular flexibility index (Phi) is 3.56. The number of benzene rings is 1. The van der Waals surface area contributed by atoms with Crippen molar-refractivity contribution in [3.8, 4) is 11.1 Å². The van der Waals surface area contributed by atoms with Gasteiger partial charge in [-0.3, -0.25) is 4.79 Å². The standard InChI is InChI=1S/C19H17F2N3O/c1-10-4-3-5-14(20)17(10)12-6-7-16-22-18(11(2)24(16)9-12)23-19(25)13-8-15(13)21/h3-7,9,13,15H,8H2,1-2H3,(H,23,25). The second-order valence-electron chi connectivity index (χ2n) is 6.47. The lowest BCUT2D eigenvalue weighted by atomic mass is 10.0. The summed E-state index contributed by atoms with van der Waals surface area (Å²) in [5, 5.41) is 2.69. The van der Waals surface area contributed by atoms with E-state index in [-0.39, 0.29) is 18.1 Å². The van der Waals surface area contributed by atoms with Crippen LogP contribution in [0.25, 0.3) is 16.8 Å². The van der Waals surface area contributed by atoms with Gasteiger partial charge in [0.2, 0.25) is 5.91 Å². The van der Waals surface area contributed by atoms with Crippen LogP contribution in [-0.2, 0) is 4.79 Å². The van der Waals surface area contributed by atoms with Gasteiger partial charge in [-0.2, -0.15) is 0 Å². The molecule has 25 heavy (non-hydrogen) atoms. The second-order valence-corrected chi connectivity index (χ2v) is 6.47. The molecule has 2 aromatic heterocycles. The molecular formula is C19H17F2N3O. The molecule has 1 fully saturated rings. The fourth-order valence-corrected chi connectivity index (χ4v) is 3.07. The molecule has 2 atom stereocenters. The molecule has 1 N–H and O–H groups in total. The van der Waals surface area contributed by atoms with Crippen molar-refractivity contribution in [3.63, 3.8) is 0 Å². The molecule has 0 bridgehead atoms. The molecule has 1 aromatic carbocycles. The number of aromatic nitrogens is 2. The van der Waals surface area contributed by atoms with E-state index in [9.17, 15) is 13.6 Å². The number of alkyl halides is 1. The fourth-order valence-electron chi connectivity index (χ4n) is 3.07. The summed E-state index contributed by atoms with van der Waals surface area (Å²) in [5.74, 6) is -0.787. The number of nitrogens with zero attached hydrogens (tertiary/aromatic N) is 2. The number of anilines is 1. The molecule has 0 aliphatic heterocycles. The topological polar surface area (TPSA) is 46.4 Å². The molecule has 0 spiro atoms. The molecule has 128 valence electrons. The molecular weight excluding hydrogens is 324 g/mol. The zero-order valence-corrected chi connectivity index (χ0v) is 13.9. The van der Waals surface area contributed by atoms with Crippen LogP contribution in [0.1, 0.15) is 17.7 Å². The van der Waals surface area contributed by atoms with Gasteiger partial charge in [0.1, 0.15) is 17.6 Å². The molecule has 0 saturated heterocycles. The van der Waals surface area contributed by atoms with E-state index in [1.807, 2.05) is 19.9 Å². The zero-order valence-electron chi connectivity index (χ0n) is 13.9. The summed E-state index contributed by atoms with van der Waals surface area (Å²) in [6.45, 7) is 3.67. The minimum atomic E-state index is -1.05. The normalized spacial score (nSPS) is 19.2. The summed E-state index contributed by atoms with van der Waals surface area (Å²) in [6, 6.07) is 8.55. The highest BCUT2D eigenvalue weighted by Crippen LogP contribution is 2.35. The Bertz CT molecular complexity index is 975. The number of aryl methyl sites for hydroxylation is 2. The van der Waals surface area contributed by atoms with Crippen molar-refractivity contribution in [2.75, 3.05) is 5.32 Å². The minimum absolute atomic E-state index is 0.273. The number of carbonyl (C=O) groups excluding carboxylic acids is 1. The third-order valence-corrected chi connectivity index (χ3v) is 4.66. The number of imidazole rings is 1. The number of nitrogens with one attached hydrogen (secondary N) is 1. The number of amides is 1. The first-order chi connectivity index (χ1) is 12.0. The van der Waals surface area contributed by atoms with Crippen LogP contribution in [0.5, 0.6) is 0 Å². The smallest absolute Gasteiger partial charge is 0.231 e. The maximum atomic E-state index is 14.2. The molecule has 4 nitrogen and oxygen atoms in total. The Labute approximate surface area is 143 Å². The van der Waals surface area contributed by atoms with E-state index in [0.717, 1.165) is 16.8 Å². The second kappa shape index (κ2) is 5.65. The summed E-state index contributed by atoms with van der Waals surface area (Å²) in [6.07, 6.45) is 1.02. The fraction of sp³-hybridized carbons (Fsp3) is 0.263. The largest absolute Gasteiger partial charge is 0.309 e. The molecule has 1 saturated carbocycles. The molecule has 3 aromatic rings. The predicted molar refractivity (Wildman–Crippen MR) is 91.7 cm³/mol. The van der Waals surface area contributed by atoms with Gasteiger partial charge < -0.3 is 9.72 Å². The van der Waals surface area contributed by atoms with Gasteiger partial charge in [-0.15, -0.1) is 0 Å². The molecule has 1 amide bonds. The van der Waals surface area contributed by atoms with E-state index in [2.05, 4.69) is 10.3 Å². The van der Waals surface area contributed by atoms with Crippen LogP contribution in [-0.4, -0.2) is 21.5 Å². The number of hydrogen-bond acceptors (Lipinski definition) is 2. The van der Waals surface area contributed by atoms with Gasteiger partial charge in [0.15, 0.2) is 5.82 Å². The van der Waals surface area contributed by atoms with Crippen molar-refractivity contribution in [2.24, 2.45) is 5.92 Å². The quantitative estimate of drug-likeness (QED) is 0.781. The van der Waals surface area contributed by atoms with Gasteiger partial charge in [-0.25, -0.2) is 13.8 Å². The first-order valence-corrected chi connectivity index (χ1v) is 8.15. The number of fused-ring (bicyclic) bond motifs is 1. The highest BCUT2D eigenvalue weighted by atomic mass is 19.1. The summed E-state index contributed by atoms with van der Waals surface area (Å²) in [7, 11) is 0. The first-order valence-electron chi connectivity index (χ1n) is 8.15. The third-order valence-electron chi connectivity index (χ3n) is 4.66. The lowest BCUT2D eigenvalue weighted by molar-refractivity contribution is -0.117. The van der Waals surface area contributed by atoms with Gasteiger partial charge in [-0.1, -0.05) is 12.1 Å². The lowest BCUT2D eigenvalue weighted by Crippen LogP contribution is -2.16. The van der Waals surface area contributed by atoms with Gasteiger partial charge in [0.05, 0.1) is 11.6 Å². The molecule has 4 rings (SSSR count). The van der Waals surface area contributed by atoms with Crippen LogP contribution in [0.3, 0.4) is 0 Å².